The van der Waals surface area contributed by atoms with Gasteiger partial charge in [-0.05, 0) is 83.5 Å². The van der Waals surface area contributed by atoms with Crippen LogP contribution in [0.4, 0.5) is 0 Å². The molecule has 322 valence electrons. The Morgan fingerprint density at radius 2 is 1.12 bits per heavy atom. The summed E-state index contributed by atoms with van der Waals surface area (Å²) in [6.45, 7) is 2.39. The Hall–Kier alpha value is -3.64. The zero-order valence-electron chi connectivity index (χ0n) is 34.2. The van der Waals surface area contributed by atoms with Crippen molar-refractivity contribution >= 4 is 25.7 Å². The minimum atomic E-state index is -4.75. The molecule has 0 spiro atoms. The minimum Gasteiger partial charge on any atom is -0.480 e. The quantitative estimate of drug-likeness (QED) is 0.0203. The maximum atomic E-state index is 12.6. The predicted octanol–water partition coefficient (Wildman–Crippen LogP) is 9.47. The Bertz CT molecular complexity index is 1350. The van der Waals surface area contributed by atoms with Crippen LogP contribution in [0.15, 0.2) is 97.2 Å². The molecule has 0 aromatic rings. The van der Waals surface area contributed by atoms with E-state index < -0.39 is 57.7 Å². The number of carboxylic acid groups (broad SMARTS) is 1. The number of carbonyl (C=O) groups excluding carboxylic acids is 2. The molecule has 0 aromatic carbocycles. The molecule has 0 aliphatic heterocycles. The molecule has 0 rings (SSSR count). The smallest absolute Gasteiger partial charge is 0.472 e. The van der Waals surface area contributed by atoms with Gasteiger partial charge in [-0.2, -0.15) is 0 Å². The molecule has 0 radical (unpaired) electrons. The van der Waals surface area contributed by atoms with Crippen molar-refractivity contribution in [3.05, 3.63) is 97.2 Å². The van der Waals surface area contributed by atoms with Crippen LogP contribution in [-0.2, 0) is 37.5 Å². The summed E-state index contributed by atoms with van der Waals surface area (Å²) in [5, 5.41) is 18.7. The van der Waals surface area contributed by atoms with E-state index in [1.807, 2.05) is 24.3 Å². The Morgan fingerprint density at radius 3 is 1.67 bits per heavy atom. The van der Waals surface area contributed by atoms with Gasteiger partial charge in [-0.3, -0.25) is 23.4 Å². The standard InChI is InChI=1S/C44H70NO11P/c1-3-5-7-8-9-10-11-12-13-14-19-22-25-28-31-35-43(48)56-40(37-54-57(51,52)55-38-41(45)44(49)50)36-53-42(47)34-30-27-24-21-18-16-15-17-20-23-26-29-33-39(46)32-6-4-2/h5,7,9-10,12-13,15-16,19-24,29,33,39-41,46H,3-4,6,8,11,14,17-18,25-28,30-32,34-38,45H2,1-2H3,(H,49,50)(H,51,52)/b7-5-,10-9-,13-12-,16-15-,22-19-,23-20-,24-21-,33-29-/t39-,40+,41-/m0/s1. The number of rotatable bonds is 36. The summed E-state index contributed by atoms with van der Waals surface area (Å²) in [6.07, 6.45) is 43.9. The summed E-state index contributed by atoms with van der Waals surface area (Å²) >= 11 is 0. The second-order valence-electron chi connectivity index (χ2n) is 13.2. The van der Waals surface area contributed by atoms with Crippen LogP contribution in [0.5, 0.6) is 0 Å². The average Bonchev–Trinajstić information content (AvgIpc) is 3.18. The Labute approximate surface area is 341 Å². The predicted molar refractivity (Wildman–Crippen MR) is 227 cm³/mol. The molecule has 1 unspecified atom stereocenters. The zero-order valence-corrected chi connectivity index (χ0v) is 35.1. The van der Waals surface area contributed by atoms with E-state index >= 15 is 0 Å². The van der Waals surface area contributed by atoms with Crippen molar-refractivity contribution in [2.45, 2.75) is 141 Å². The molecular formula is C44H70NO11P. The second kappa shape index (κ2) is 37.9. The first kappa shape index (κ1) is 53.4. The van der Waals surface area contributed by atoms with E-state index in [-0.39, 0.29) is 18.9 Å². The van der Waals surface area contributed by atoms with E-state index in [9.17, 15) is 28.9 Å². The van der Waals surface area contributed by atoms with Crippen LogP contribution in [0.1, 0.15) is 123 Å². The summed E-state index contributed by atoms with van der Waals surface area (Å²) in [7, 11) is -4.75. The summed E-state index contributed by atoms with van der Waals surface area (Å²) in [6, 6.07) is -1.55. The number of aliphatic hydroxyl groups is 1. The number of hydrogen-bond donors (Lipinski definition) is 4. The maximum absolute atomic E-state index is 12.6. The van der Waals surface area contributed by atoms with E-state index in [0.29, 0.717) is 19.3 Å². The highest BCUT2D eigenvalue weighted by Crippen LogP contribution is 2.43. The fourth-order valence-corrected chi connectivity index (χ4v) is 5.43. The van der Waals surface area contributed by atoms with Gasteiger partial charge in [0, 0.05) is 12.8 Å². The monoisotopic (exact) mass is 819 g/mol. The summed E-state index contributed by atoms with van der Waals surface area (Å²) in [5.41, 5.74) is 5.31. The molecule has 0 aromatic heterocycles. The van der Waals surface area contributed by atoms with Crippen molar-refractivity contribution in [1.29, 1.82) is 0 Å². The molecular weight excluding hydrogens is 749 g/mol. The number of aliphatic carboxylic acids is 1. The van der Waals surface area contributed by atoms with E-state index in [1.165, 1.54) is 0 Å². The lowest BCUT2D eigenvalue weighted by Gasteiger charge is -2.20. The number of nitrogens with two attached hydrogens (primary N) is 1. The van der Waals surface area contributed by atoms with Gasteiger partial charge in [0.25, 0.3) is 0 Å². The third-order valence-electron chi connectivity index (χ3n) is 7.89. The number of ether oxygens (including phenoxy) is 2. The fraction of sp³-hybridized carbons (Fsp3) is 0.568. The molecule has 5 N–H and O–H groups in total. The number of allylic oxidation sites excluding steroid dienone is 15. The summed E-state index contributed by atoms with van der Waals surface area (Å²) < 4.78 is 32.5. The lowest BCUT2D eigenvalue weighted by atomic mass is 10.1. The third kappa shape index (κ3) is 37.7. The van der Waals surface area contributed by atoms with Crippen molar-refractivity contribution in [3.63, 3.8) is 0 Å². The van der Waals surface area contributed by atoms with Gasteiger partial charge in [-0.15, -0.1) is 0 Å². The van der Waals surface area contributed by atoms with Crippen molar-refractivity contribution in [2.75, 3.05) is 19.8 Å². The van der Waals surface area contributed by atoms with Gasteiger partial charge in [0.1, 0.15) is 12.6 Å². The van der Waals surface area contributed by atoms with Gasteiger partial charge in [0.2, 0.25) is 0 Å². The van der Waals surface area contributed by atoms with Crippen molar-refractivity contribution in [3.8, 4) is 0 Å². The molecule has 0 heterocycles. The highest BCUT2D eigenvalue weighted by Gasteiger charge is 2.28. The third-order valence-corrected chi connectivity index (χ3v) is 8.84. The van der Waals surface area contributed by atoms with Gasteiger partial charge in [-0.1, -0.05) is 124 Å². The SMILES string of the molecule is CC/C=C\C/C=C\C/C=C\C/C=C\CCCCC(=O)O[C@H](COC(=O)CCC/C=C\C/C=C\C/C=C\C/C=C\[C@@H](O)CCCC)COP(=O)(O)OC[C@H](N)C(=O)O. The van der Waals surface area contributed by atoms with Crippen LogP contribution < -0.4 is 5.73 Å². The van der Waals surface area contributed by atoms with Crippen molar-refractivity contribution < 1.29 is 52.6 Å². The van der Waals surface area contributed by atoms with Gasteiger partial charge in [-0.25, -0.2) is 4.57 Å². The molecule has 0 bridgehead atoms. The first-order chi connectivity index (χ1) is 27.5. The Balaban J connectivity index is 4.61. The molecule has 0 saturated carbocycles. The lowest BCUT2D eigenvalue weighted by molar-refractivity contribution is -0.161. The molecule has 13 heteroatoms. The molecule has 0 aliphatic rings. The molecule has 0 aliphatic carbocycles. The van der Waals surface area contributed by atoms with Gasteiger partial charge in [0.15, 0.2) is 6.10 Å². The van der Waals surface area contributed by atoms with Crippen LogP contribution in [-0.4, -0.2) is 71.1 Å². The van der Waals surface area contributed by atoms with E-state index in [4.69, 9.17) is 24.8 Å². The van der Waals surface area contributed by atoms with E-state index in [1.54, 1.807) is 0 Å². The summed E-state index contributed by atoms with van der Waals surface area (Å²) in [4.78, 5) is 45.8. The maximum Gasteiger partial charge on any atom is 0.472 e. The number of phosphoric acid groups is 1. The number of hydrogen-bond acceptors (Lipinski definition) is 10. The normalized spacial score (nSPS) is 15.3. The molecule has 0 fully saturated rings. The van der Waals surface area contributed by atoms with E-state index in [2.05, 4.69) is 91.3 Å². The number of aliphatic hydroxyl groups excluding tert-OH is 1. The summed E-state index contributed by atoms with van der Waals surface area (Å²) in [5.74, 6) is -2.55. The minimum absolute atomic E-state index is 0.0829. The average molecular weight is 820 g/mol. The van der Waals surface area contributed by atoms with Crippen LogP contribution in [0, 0.1) is 0 Å². The number of carboxylic acids is 1. The van der Waals surface area contributed by atoms with E-state index in [0.717, 1.165) is 77.0 Å². The highest BCUT2D eigenvalue weighted by atomic mass is 31.2. The largest absolute Gasteiger partial charge is 0.480 e. The second-order valence-corrected chi connectivity index (χ2v) is 14.7. The number of phosphoric ester groups is 1. The fourth-order valence-electron chi connectivity index (χ4n) is 4.65. The molecule has 4 atom stereocenters. The van der Waals surface area contributed by atoms with Crippen LogP contribution >= 0.6 is 7.82 Å². The first-order valence-electron chi connectivity index (χ1n) is 20.4. The molecule has 12 nitrogen and oxygen atoms in total. The highest BCUT2D eigenvalue weighted by molar-refractivity contribution is 7.47. The van der Waals surface area contributed by atoms with Crippen molar-refractivity contribution in [2.24, 2.45) is 5.73 Å². The van der Waals surface area contributed by atoms with Crippen LogP contribution in [0.3, 0.4) is 0 Å². The van der Waals surface area contributed by atoms with Gasteiger partial charge in [0.05, 0.1) is 19.3 Å². The van der Waals surface area contributed by atoms with Gasteiger partial charge < -0.3 is 30.3 Å². The molecule has 0 saturated heterocycles. The Kier molecular flexibility index (Phi) is 35.5. The topological polar surface area (TPSA) is 192 Å². The van der Waals surface area contributed by atoms with Crippen LogP contribution in [0.2, 0.25) is 0 Å². The van der Waals surface area contributed by atoms with Gasteiger partial charge >= 0.3 is 25.7 Å². The van der Waals surface area contributed by atoms with Crippen LogP contribution in [0.25, 0.3) is 0 Å². The Morgan fingerprint density at radius 1 is 0.632 bits per heavy atom. The number of esters is 2. The molecule has 57 heavy (non-hydrogen) atoms. The number of carbonyl (C=O) groups is 3. The first-order valence-corrected chi connectivity index (χ1v) is 21.8. The lowest BCUT2D eigenvalue weighted by Crippen LogP contribution is -2.34. The number of unbranched alkanes of at least 4 members (excludes halogenated alkanes) is 4. The van der Waals surface area contributed by atoms with Crippen molar-refractivity contribution in [1.82, 2.24) is 0 Å². The molecule has 0 amide bonds. The zero-order chi connectivity index (χ0) is 42.2.